The highest BCUT2D eigenvalue weighted by atomic mass is 79.9. The Bertz CT molecular complexity index is 1140. The number of aliphatic imine (C=N–C) groups is 1. The molecule has 2 heterocycles. The van der Waals surface area contributed by atoms with E-state index in [1.165, 1.54) is 11.1 Å². The summed E-state index contributed by atoms with van der Waals surface area (Å²) in [5.41, 5.74) is 6.73. The summed E-state index contributed by atoms with van der Waals surface area (Å²) < 4.78 is 6.42. The molecule has 5 rings (SSSR count). The highest BCUT2D eigenvalue weighted by Crippen LogP contribution is 2.40. The SMILES string of the molecule is COc1ccc(/C(Nc2ccc(Br)cc2)=C2/CCCCC3=C2N=C2SCC(=O)N2C3)cc1. The van der Waals surface area contributed by atoms with E-state index in [1.54, 1.807) is 18.9 Å². The molecule has 2 aromatic carbocycles. The van der Waals surface area contributed by atoms with Crippen molar-refractivity contribution in [3.05, 3.63) is 75.4 Å². The van der Waals surface area contributed by atoms with E-state index in [0.717, 1.165) is 63.7 Å². The van der Waals surface area contributed by atoms with Gasteiger partial charge in [-0.1, -0.05) is 27.7 Å². The molecule has 2 aliphatic heterocycles. The number of allylic oxidation sites excluding steroid dienone is 1. The van der Waals surface area contributed by atoms with Gasteiger partial charge in [-0.2, -0.15) is 0 Å². The second-order valence-corrected chi connectivity index (χ2v) is 9.89. The van der Waals surface area contributed by atoms with E-state index in [2.05, 4.69) is 45.5 Å². The first-order chi connectivity index (χ1) is 15.6. The summed E-state index contributed by atoms with van der Waals surface area (Å²) in [4.78, 5) is 19.2. The Balaban J connectivity index is 1.64. The number of carbonyl (C=O) groups excluding carboxylic acids is 1. The Morgan fingerprint density at radius 1 is 1.09 bits per heavy atom. The second-order valence-electron chi connectivity index (χ2n) is 8.04. The summed E-state index contributed by atoms with van der Waals surface area (Å²) in [6, 6.07) is 16.4. The van der Waals surface area contributed by atoms with Crippen LogP contribution in [0.25, 0.3) is 5.70 Å². The molecule has 0 bridgehead atoms. The molecular weight excluding hydrogens is 486 g/mol. The van der Waals surface area contributed by atoms with Crippen LogP contribution >= 0.6 is 27.7 Å². The summed E-state index contributed by atoms with van der Waals surface area (Å²) in [6.07, 6.45) is 4.13. The first-order valence-corrected chi connectivity index (χ1v) is 12.5. The molecule has 5 nitrogen and oxygen atoms in total. The number of rotatable bonds is 4. The van der Waals surface area contributed by atoms with Gasteiger partial charge in [-0.05, 0) is 85.4 Å². The molecule has 32 heavy (non-hydrogen) atoms. The molecule has 0 saturated carbocycles. The summed E-state index contributed by atoms with van der Waals surface area (Å²) in [5, 5.41) is 4.52. The summed E-state index contributed by atoms with van der Waals surface area (Å²) in [7, 11) is 1.68. The van der Waals surface area contributed by atoms with Gasteiger partial charge in [0.05, 0.1) is 30.8 Å². The fraction of sp³-hybridized carbons (Fsp3) is 0.280. The molecule has 0 aromatic heterocycles. The smallest absolute Gasteiger partial charge is 0.239 e. The van der Waals surface area contributed by atoms with Gasteiger partial charge in [-0.3, -0.25) is 9.69 Å². The van der Waals surface area contributed by atoms with E-state index in [-0.39, 0.29) is 5.91 Å². The number of carbonyl (C=O) groups is 1. The predicted octanol–water partition coefficient (Wildman–Crippen LogP) is 6.05. The highest BCUT2D eigenvalue weighted by Gasteiger charge is 2.34. The van der Waals surface area contributed by atoms with Crippen molar-refractivity contribution < 1.29 is 9.53 Å². The number of ether oxygens (including phenoxy) is 1. The van der Waals surface area contributed by atoms with Crippen molar-refractivity contribution in [3.8, 4) is 5.75 Å². The molecule has 1 aliphatic carbocycles. The zero-order chi connectivity index (χ0) is 22.1. The van der Waals surface area contributed by atoms with E-state index in [0.29, 0.717) is 12.3 Å². The number of nitrogens with one attached hydrogen (secondary N) is 1. The van der Waals surface area contributed by atoms with Crippen LogP contribution in [0.3, 0.4) is 0 Å². The van der Waals surface area contributed by atoms with Crippen LogP contribution in [0, 0.1) is 0 Å². The van der Waals surface area contributed by atoms with Crippen LogP contribution in [-0.2, 0) is 4.79 Å². The van der Waals surface area contributed by atoms with Crippen LogP contribution in [0.15, 0.2) is 74.8 Å². The monoisotopic (exact) mass is 509 g/mol. The first-order valence-electron chi connectivity index (χ1n) is 10.8. The maximum atomic E-state index is 12.3. The third kappa shape index (κ3) is 4.24. The Morgan fingerprint density at radius 2 is 1.84 bits per heavy atom. The largest absolute Gasteiger partial charge is 0.497 e. The summed E-state index contributed by atoms with van der Waals surface area (Å²) in [6.45, 7) is 0.664. The van der Waals surface area contributed by atoms with Gasteiger partial charge in [0.2, 0.25) is 5.91 Å². The Hall–Kier alpha value is -2.51. The Kier molecular flexibility index (Phi) is 6.11. The van der Waals surface area contributed by atoms with Gasteiger partial charge < -0.3 is 10.1 Å². The van der Waals surface area contributed by atoms with Crippen LogP contribution in [0.5, 0.6) is 5.75 Å². The fourth-order valence-corrected chi connectivity index (χ4v) is 5.47. The van der Waals surface area contributed by atoms with Gasteiger partial charge in [-0.25, -0.2) is 4.99 Å². The maximum absolute atomic E-state index is 12.3. The van der Waals surface area contributed by atoms with Crippen LogP contribution < -0.4 is 10.1 Å². The first kappa shape index (κ1) is 21.3. The minimum absolute atomic E-state index is 0.165. The fourth-order valence-electron chi connectivity index (χ4n) is 4.32. The summed E-state index contributed by atoms with van der Waals surface area (Å²) in [5.74, 6) is 1.48. The van der Waals surface area contributed by atoms with Crippen molar-refractivity contribution in [2.24, 2.45) is 4.99 Å². The molecule has 1 amide bonds. The second kappa shape index (κ2) is 9.16. The number of amidine groups is 1. The average molecular weight is 510 g/mol. The number of anilines is 1. The lowest BCUT2D eigenvalue weighted by molar-refractivity contribution is -0.123. The van der Waals surface area contributed by atoms with Crippen LogP contribution in [0.4, 0.5) is 5.69 Å². The summed E-state index contributed by atoms with van der Waals surface area (Å²) >= 11 is 5.07. The average Bonchev–Trinajstić information content (AvgIpc) is 3.05. The van der Waals surface area contributed by atoms with E-state index in [9.17, 15) is 4.79 Å². The zero-order valence-corrected chi connectivity index (χ0v) is 20.3. The molecule has 1 N–H and O–H groups in total. The molecule has 0 unspecified atom stereocenters. The van der Waals surface area contributed by atoms with Crippen LogP contribution in [-0.4, -0.2) is 35.4 Å². The normalized spacial score (nSPS) is 19.8. The Labute approximate surface area is 200 Å². The molecule has 3 aliphatic rings. The van der Waals surface area contributed by atoms with Crippen molar-refractivity contribution in [1.82, 2.24) is 4.90 Å². The number of halogens is 1. The molecule has 0 spiro atoms. The highest BCUT2D eigenvalue weighted by molar-refractivity contribution is 9.10. The lowest BCUT2D eigenvalue weighted by Gasteiger charge is -2.26. The van der Waals surface area contributed by atoms with Gasteiger partial charge in [-0.15, -0.1) is 0 Å². The van der Waals surface area contributed by atoms with Gasteiger partial charge in [0, 0.05) is 15.7 Å². The molecule has 0 atom stereocenters. The van der Waals surface area contributed by atoms with Crippen molar-refractivity contribution in [3.63, 3.8) is 0 Å². The number of hydrogen-bond donors (Lipinski definition) is 1. The quantitative estimate of drug-likeness (QED) is 0.544. The van der Waals surface area contributed by atoms with Crippen molar-refractivity contribution >= 4 is 50.2 Å². The molecular formula is C25H24BrN3O2S. The van der Waals surface area contributed by atoms with Crippen molar-refractivity contribution in [2.45, 2.75) is 25.7 Å². The lowest BCUT2D eigenvalue weighted by Crippen LogP contribution is -2.34. The molecule has 0 radical (unpaired) electrons. The van der Waals surface area contributed by atoms with E-state index >= 15 is 0 Å². The Morgan fingerprint density at radius 3 is 2.59 bits per heavy atom. The van der Waals surface area contributed by atoms with Gasteiger partial charge in [0.1, 0.15) is 5.75 Å². The number of methoxy groups -OCH3 is 1. The minimum Gasteiger partial charge on any atom is -0.497 e. The van der Waals surface area contributed by atoms with E-state index < -0.39 is 0 Å². The standard InChI is InChI=1S/C25H24BrN3O2S/c1-31-20-12-6-16(7-13-20)23(27-19-10-8-18(26)9-11-19)21-5-3-2-4-17-14-29-22(30)15-32-25(29)28-24(17)21/h6-13,27H,2-5,14-15H2,1H3/b23-21+. The van der Waals surface area contributed by atoms with Gasteiger partial charge >= 0.3 is 0 Å². The predicted molar refractivity (Wildman–Crippen MR) is 135 cm³/mol. The number of thioether (sulfide) groups is 1. The third-order valence-electron chi connectivity index (χ3n) is 5.98. The zero-order valence-electron chi connectivity index (χ0n) is 17.9. The van der Waals surface area contributed by atoms with Crippen LogP contribution in [0.2, 0.25) is 0 Å². The van der Waals surface area contributed by atoms with E-state index in [4.69, 9.17) is 9.73 Å². The molecule has 7 heteroatoms. The minimum atomic E-state index is 0.165. The van der Waals surface area contributed by atoms with Gasteiger partial charge in [0.25, 0.3) is 0 Å². The topological polar surface area (TPSA) is 53.9 Å². The number of fused-ring (bicyclic) bond motifs is 1. The van der Waals surface area contributed by atoms with Crippen molar-refractivity contribution in [1.29, 1.82) is 0 Å². The van der Waals surface area contributed by atoms with Gasteiger partial charge in [0.15, 0.2) is 5.17 Å². The number of amides is 1. The van der Waals surface area contributed by atoms with Crippen LogP contribution in [0.1, 0.15) is 31.2 Å². The lowest BCUT2D eigenvalue weighted by atomic mass is 9.97. The number of nitrogens with zero attached hydrogens (tertiary/aromatic N) is 2. The number of benzene rings is 2. The molecule has 1 saturated heterocycles. The maximum Gasteiger partial charge on any atom is 0.239 e. The van der Waals surface area contributed by atoms with Crippen molar-refractivity contribution in [2.75, 3.05) is 24.7 Å². The molecule has 2 aromatic rings. The third-order valence-corrected chi connectivity index (χ3v) is 7.47. The molecule has 1 fully saturated rings. The van der Waals surface area contributed by atoms with E-state index in [1.807, 2.05) is 29.2 Å². The number of hydrogen-bond acceptors (Lipinski definition) is 5. The molecule has 164 valence electrons.